The number of thioether (sulfide) groups is 1. The summed E-state index contributed by atoms with van der Waals surface area (Å²) in [6.45, 7) is 0.0172. The summed E-state index contributed by atoms with van der Waals surface area (Å²) in [6, 6.07) is 13.1. The minimum Gasteiger partial charge on any atom is -0.497 e. The fraction of sp³-hybridized carbons (Fsp3) is 0.174. The van der Waals surface area contributed by atoms with Crippen LogP contribution >= 0.6 is 23.1 Å². The summed E-state index contributed by atoms with van der Waals surface area (Å²) in [5.41, 5.74) is 1.17. The van der Waals surface area contributed by atoms with E-state index in [1.165, 1.54) is 36.2 Å². The molecule has 0 bridgehead atoms. The van der Waals surface area contributed by atoms with E-state index in [0.717, 1.165) is 11.8 Å². The number of rotatable bonds is 8. The van der Waals surface area contributed by atoms with Crippen LogP contribution in [0.3, 0.4) is 0 Å². The second-order valence-corrected chi connectivity index (χ2v) is 8.81. The highest BCUT2D eigenvalue weighted by molar-refractivity contribution is 7.99. The number of hydrogen-bond acceptors (Lipinski definition) is 7. The number of benzene rings is 2. The Labute approximate surface area is 197 Å². The molecule has 0 aliphatic rings. The van der Waals surface area contributed by atoms with Gasteiger partial charge in [0.05, 0.1) is 32.0 Å². The van der Waals surface area contributed by atoms with Crippen LogP contribution in [0, 0.1) is 5.82 Å². The molecular formula is C23H20FN3O4S2. The Morgan fingerprint density at radius 2 is 1.88 bits per heavy atom. The van der Waals surface area contributed by atoms with Crippen molar-refractivity contribution in [2.45, 2.75) is 11.7 Å². The summed E-state index contributed by atoms with van der Waals surface area (Å²) in [7, 11) is 3.05. The molecule has 0 atom stereocenters. The largest absolute Gasteiger partial charge is 0.497 e. The van der Waals surface area contributed by atoms with E-state index >= 15 is 0 Å². The lowest BCUT2D eigenvalue weighted by molar-refractivity contribution is -0.113. The van der Waals surface area contributed by atoms with Crippen molar-refractivity contribution in [3.05, 3.63) is 75.6 Å². The molecule has 0 fully saturated rings. The molecule has 4 aromatic rings. The third-order valence-electron chi connectivity index (χ3n) is 4.78. The van der Waals surface area contributed by atoms with E-state index in [4.69, 9.17) is 9.47 Å². The summed E-state index contributed by atoms with van der Waals surface area (Å²) in [6.07, 6.45) is 0. The van der Waals surface area contributed by atoms with Crippen LogP contribution in [-0.2, 0) is 11.3 Å². The van der Waals surface area contributed by atoms with Crippen molar-refractivity contribution in [2.75, 3.05) is 25.3 Å². The molecule has 170 valence electrons. The number of nitrogens with one attached hydrogen (secondary N) is 1. The van der Waals surface area contributed by atoms with Crippen LogP contribution in [0.4, 0.5) is 10.1 Å². The molecule has 0 saturated carbocycles. The number of methoxy groups -OCH3 is 2. The minimum absolute atomic E-state index is 0.00111. The molecule has 0 aliphatic heterocycles. The first kappa shape index (κ1) is 22.8. The van der Waals surface area contributed by atoms with Crippen LogP contribution < -0.4 is 20.3 Å². The smallest absolute Gasteiger partial charge is 0.272 e. The molecule has 4 rings (SSSR count). The van der Waals surface area contributed by atoms with Crippen molar-refractivity contribution < 1.29 is 18.7 Å². The fourth-order valence-electron chi connectivity index (χ4n) is 3.18. The third-order valence-corrected chi connectivity index (χ3v) is 6.65. The Morgan fingerprint density at radius 1 is 1.15 bits per heavy atom. The van der Waals surface area contributed by atoms with Crippen LogP contribution in [0.15, 0.2) is 63.9 Å². The highest BCUT2D eigenvalue weighted by Gasteiger charge is 2.16. The highest BCUT2D eigenvalue weighted by Crippen LogP contribution is 2.27. The van der Waals surface area contributed by atoms with E-state index in [1.54, 1.807) is 47.8 Å². The van der Waals surface area contributed by atoms with Gasteiger partial charge in [0.2, 0.25) is 5.91 Å². The molecule has 0 aliphatic carbocycles. The maximum absolute atomic E-state index is 14.2. The molecule has 2 aromatic heterocycles. The fourth-order valence-corrected chi connectivity index (χ4v) is 4.75. The van der Waals surface area contributed by atoms with Crippen molar-refractivity contribution in [1.82, 2.24) is 9.55 Å². The second kappa shape index (κ2) is 10.1. The van der Waals surface area contributed by atoms with Gasteiger partial charge in [0.1, 0.15) is 22.0 Å². The monoisotopic (exact) mass is 485 g/mol. The van der Waals surface area contributed by atoms with Crippen molar-refractivity contribution in [3.8, 4) is 11.5 Å². The van der Waals surface area contributed by atoms with Gasteiger partial charge in [0.25, 0.3) is 5.56 Å². The van der Waals surface area contributed by atoms with E-state index < -0.39 is 5.82 Å². The molecule has 0 unspecified atom stereocenters. The Bertz CT molecular complexity index is 1350. The van der Waals surface area contributed by atoms with Gasteiger partial charge < -0.3 is 14.8 Å². The molecular weight excluding hydrogens is 465 g/mol. The number of nitrogens with zero attached hydrogens (tertiary/aromatic N) is 2. The number of amides is 1. The highest BCUT2D eigenvalue weighted by atomic mass is 32.2. The number of halogens is 1. The molecule has 0 spiro atoms. The lowest BCUT2D eigenvalue weighted by Crippen LogP contribution is -2.24. The maximum Gasteiger partial charge on any atom is 0.272 e. The first-order valence-electron chi connectivity index (χ1n) is 9.85. The van der Waals surface area contributed by atoms with Gasteiger partial charge in [-0.3, -0.25) is 14.2 Å². The minimum atomic E-state index is -0.406. The molecule has 2 heterocycles. The van der Waals surface area contributed by atoms with Gasteiger partial charge in [0, 0.05) is 29.4 Å². The van der Waals surface area contributed by atoms with E-state index in [-0.39, 0.29) is 23.8 Å². The second-order valence-electron chi connectivity index (χ2n) is 6.95. The average Bonchev–Trinajstić information content (AvgIpc) is 3.29. The SMILES string of the molecule is COc1cc(NC(=O)CSc2nc3ccsc3c(=O)n2Cc2ccccc2F)cc(OC)c1. The van der Waals surface area contributed by atoms with Crippen molar-refractivity contribution in [2.24, 2.45) is 0 Å². The number of carbonyl (C=O) groups excluding carboxylic acids is 1. The van der Waals surface area contributed by atoms with Gasteiger partial charge in [-0.05, 0) is 17.5 Å². The quantitative estimate of drug-likeness (QED) is 0.294. The first-order valence-corrected chi connectivity index (χ1v) is 11.7. The predicted molar refractivity (Wildman–Crippen MR) is 128 cm³/mol. The lowest BCUT2D eigenvalue weighted by Gasteiger charge is -2.13. The van der Waals surface area contributed by atoms with E-state index in [9.17, 15) is 14.0 Å². The summed E-state index contributed by atoms with van der Waals surface area (Å²) >= 11 is 2.39. The maximum atomic E-state index is 14.2. The van der Waals surface area contributed by atoms with E-state index in [2.05, 4.69) is 10.3 Å². The van der Waals surface area contributed by atoms with Gasteiger partial charge in [-0.2, -0.15) is 0 Å². The average molecular weight is 486 g/mol. The van der Waals surface area contributed by atoms with E-state index in [0.29, 0.717) is 38.1 Å². The molecule has 0 saturated heterocycles. The summed E-state index contributed by atoms with van der Waals surface area (Å²) in [4.78, 5) is 30.2. The Hall–Kier alpha value is -3.37. The normalized spacial score (nSPS) is 10.9. The lowest BCUT2D eigenvalue weighted by atomic mass is 10.2. The van der Waals surface area contributed by atoms with Crippen molar-refractivity contribution >= 4 is 44.9 Å². The van der Waals surface area contributed by atoms with Crippen molar-refractivity contribution in [3.63, 3.8) is 0 Å². The Kier molecular flexibility index (Phi) is 6.95. The van der Waals surface area contributed by atoms with E-state index in [1.807, 2.05) is 0 Å². The summed E-state index contributed by atoms with van der Waals surface area (Å²) in [5, 5.41) is 4.92. The summed E-state index contributed by atoms with van der Waals surface area (Å²) < 4.78 is 26.6. The van der Waals surface area contributed by atoms with Gasteiger partial charge in [-0.15, -0.1) is 11.3 Å². The third kappa shape index (κ3) is 5.18. The zero-order valence-electron chi connectivity index (χ0n) is 17.8. The Morgan fingerprint density at radius 3 is 2.58 bits per heavy atom. The molecule has 7 nitrogen and oxygen atoms in total. The number of aromatic nitrogens is 2. The van der Waals surface area contributed by atoms with Crippen LogP contribution in [0.1, 0.15) is 5.56 Å². The molecule has 1 amide bonds. The first-order chi connectivity index (χ1) is 16.0. The topological polar surface area (TPSA) is 82.5 Å². The van der Waals surface area contributed by atoms with Crippen LogP contribution in [0.2, 0.25) is 0 Å². The zero-order chi connectivity index (χ0) is 23.4. The van der Waals surface area contributed by atoms with Crippen LogP contribution in [0.5, 0.6) is 11.5 Å². The van der Waals surface area contributed by atoms with Crippen molar-refractivity contribution in [1.29, 1.82) is 0 Å². The number of carbonyl (C=O) groups is 1. The molecule has 0 radical (unpaired) electrons. The molecule has 2 aromatic carbocycles. The molecule has 10 heteroatoms. The number of thiophene rings is 1. The van der Waals surface area contributed by atoms with Gasteiger partial charge in [0.15, 0.2) is 5.16 Å². The van der Waals surface area contributed by atoms with Gasteiger partial charge >= 0.3 is 0 Å². The summed E-state index contributed by atoms with van der Waals surface area (Å²) in [5.74, 6) is 0.378. The zero-order valence-corrected chi connectivity index (χ0v) is 19.5. The van der Waals surface area contributed by atoms with Gasteiger partial charge in [-0.1, -0.05) is 30.0 Å². The number of hydrogen-bond donors (Lipinski definition) is 1. The predicted octanol–water partition coefficient (Wildman–Crippen LogP) is 4.39. The molecule has 33 heavy (non-hydrogen) atoms. The Balaban J connectivity index is 1.57. The van der Waals surface area contributed by atoms with Crippen LogP contribution in [0.25, 0.3) is 10.2 Å². The van der Waals surface area contributed by atoms with Crippen LogP contribution in [-0.4, -0.2) is 35.4 Å². The standard InChI is InChI=1S/C23H20FN3O4S2/c1-30-16-9-15(10-17(11-16)31-2)25-20(28)13-33-23-26-19-7-8-32-21(19)22(29)27(23)12-14-5-3-4-6-18(14)24/h3-11H,12-13H2,1-2H3,(H,25,28). The number of ether oxygens (including phenoxy) is 2. The number of fused-ring (bicyclic) bond motifs is 1. The number of anilines is 1. The molecule has 1 N–H and O–H groups in total. The van der Waals surface area contributed by atoms with Gasteiger partial charge in [-0.25, -0.2) is 9.37 Å².